The maximum absolute atomic E-state index is 13.4. The van der Waals surface area contributed by atoms with E-state index in [-0.39, 0.29) is 0 Å². The molecule has 1 aliphatic rings. The van der Waals surface area contributed by atoms with E-state index in [1.807, 2.05) is 0 Å². The lowest BCUT2D eigenvalue weighted by Gasteiger charge is -2.26. The van der Waals surface area contributed by atoms with E-state index in [0.717, 1.165) is 12.1 Å². The molecule has 0 spiro atoms. The Balaban J connectivity index is 2.19. The van der Waals surface area contributed by atoms with Crippen LogP contribution in [0.25, 0.3) is 0 Å². The van der Waals surface area contributed by atoms with E-state index in [1.54, 1.807) is 0 Å². The predicted octanol–water partition coefficient (Wildman–Crippen LogP) is 0.490. The van der Waals surface area contributed by atoms with Crippen LogP contribution in [0, 0.1) is 11.6 Å². The fourth-order valence-corrected chi connectivity index (χ4v) is 2.75. The first-order valence-electron chi connectivity index (χ1n) is 5.29. The van der Waals surface area contributed by atoms with E-state index in [2.05, 4.69) is 4.83 Å². The van der Waals surface area contributed by atoms with Gasteiger partial charge in [-0.3, -0.25) is 0 Å². The highest BCUT2D eigenvalue weighted by Gasteiger charge is 2.23. The van der Waals surface area contributed by atoms with Crippen molar-refractivity contribution in [1.29, 1.82) is 0 Å². The zero-order chi connectivity index (χ0) is 13.2. The largest absolute Gasteiger partial charge is 0.379 e. The average Bonchev–Trinajstić information content (AvgIpc) is 2.29. The summed E-state index contributed by atoms with van der Waals surface area (Å²) in [6.45, 7) is 1.55. The maximum Gasteiger partial charge on any atom is 0.256 e. The molecular formula is C10H12F2N2O3S. The molecule has 1 aromatic carbocycles. The summed E-state index contributed by atoms with van der Waals surface area (Å²) in [5.74, 6) is -1.94. The maximum atomic E-state index is 13.4. The monoisotopic (exact) mass is 278 g/mol. The second-order valence-electron chi connectivity index (χ2n) is 3.77. The number of hydrazine groups is 1. The highest BCUT2D eigenvalue weighted by molar-refractivity contribution is 7.89. The summed E-state index contributed by atoms with van der Waals surface area (Å²) in [4.78, 5) is 1.66. The quantitative estimate of drug-likeness (QED) is 0.874. The molecule has 1 saturated heterocycles. The molecule has 1 heterocycles. The van der Waals surface area contributed by atoms with Gasteiger partial charge in [-0.15, -0.1) is 4.83 Å². The molecule has 0 amide bonds. The van der Waals surface area contributed by atoms with Crippen LogP contribution in [0.2, 0.25) is 0 Å². The number of hydrogen-bond donors (Lipinski definition) is 1. The van der Waals surface area contributed by atoms with Gasteiger partial charge in [0.25, 0.3) is 10.0 Å². The van der Waals surface area contributed by atoms with Crippen LogP contribution in [-0.2, 0) is 14.8 Å². The minimum atomic E-state index is -4.03. The van der Waals surface area contributed by atoms with Crippen LogP contribution in [0.1, 0.15) is 0 Å². The molecule has 0 aliphatic carbocycles. The van der Waals surface area contributed by atoms with Crippen molar-refractivity contribution in [3.63, 3.8) is 0 Å². The number of sulfonamides is 1. The zero-order valence-corrected chi connectivity index (χ0v) is 10.2. The molecule has 1 N–H and O–H groups in total. The lowest BCUT2D eigenvalue weighted by molar-refractivity contribution is 0.0272. The summed E-state index contributed by atoms with van der Waals surface area (Å²) >= 11 is 0. The van der Waals surface area contributed by atoms with Gasteiger partial charge in [0.2, 0.25) is 0 Å². The molecule has 8 heteroatoms. The molecular weight excluding hydrogens is 266 g/mol. The Kier molecular flexibility index (Phi) is 3.91. The predicted molar refractivity (Wildman–Crippen MR) is 59.1 cm³/mol. The van der Waals surface area contributed by atoms with Crippen LogP contribution in [0.15, 0.2) is 23.1 Å². The highest BCUT2D eigenvalue weighted by Crippen LogP contribution is 2.15. The third-order valence-electron chi connectivity index (χ3n) is 2.44. The van der Waals surface area contributed by atoms with E-state index in [0.29, 0.717) is 32.4 Å². The minimum Gasteiger partial charge on any atom is -0.379 e. The van der Waals surface area contributed by atoms with Crippen molar-refractivity contribution >= 4 is 10.0 Å². The number of benzene rings is 1. The number of nitrogens with one attached hydrogen (secondary N) is 1. The number of morpholine rings is 1. The molecule has 0 bridgehead atoms. The zero-order valence-electron chi connectivity index (χ0n) is 9.40. The first-order valence-corrected chi connectivity index (χ1v) is 6.77. The molecule has 0 atom stereocenters. The van der Waals surface area contributed by atoms with Gasteiger partial charge in [-0.05, 0) is 12.1 Å². The topological polar surface area (TPSA) is 58.6 Å². The van der Waals surface area contributed by atoms with E-state index in [9.17, 15) is 17.2 Å². The van der Waals surface area contributed by atoms with E-state index < -0.39 is 26.6 Å². The van der Waals surface area contributed by atoms with Gasteiger partial charge in [0.1, 0.15) is 16.5 Å². The Bertz CT molecular complexity index is 530. The van der Waals surface area contributed by atoms with Gasteiger partial charge < -0.3 is 4.74 Å². The van der Waals surface area contributed by atoms with E-state index in [1.165, 1.54) is 5.01 Å². The summed E-state index contributed by atoms with van der Waals surface area (Å²) in [6.07, 6.45) is 0. The van der Waals surface area contributed by atoms with Crippen molar-refractivity contribution in [1.82, 2.24) is 9.84 Å². The molecule has 0 saturated carbocycles. The van der Waals surface area contributed by atoms with Crippen molar-refractivity contribution in [2.45, 2.75) is 4.90 Å². The molecule has 0 unspecified atom stereocenters. The Morgan fingerprint density at radius 2 is 1.89 bits per heavy atom. The van der Waals surface area contributed by atoms with Crippen LogP contribution in [0.5, 0.6) is 0 Å². The fourth-order valence-electron chi connectivity index (χ4n) is 1.57. The summed E-state index contributed by atoms with van der Waals surface area (Å²) in [6, 6.07) is 2.33. The minimum absolute atomic E-state index is 0.377. The average molecular weight is 278 g/mol. The number of nitrogens with zero attached hydrogens (tertiary/aromatic N) is 1. The van der Waals surface area contributed by atoms with Crippen LogP contribution in [-0.4, -0.2) is 39.7 Å². The summed E-state index contributed by atoms with van der Waals surface area (Å²) < 4.78 is 54.9. The second kappa shape index (κ2) is 5.27. The molecule has 1 aromatic rings. The van der Waals surface area contributed by atoms with Gasteiger partial charge in [-0.25, -0.2) is 22.2 Å². The van der Waals surface area contributed by atoms with Gasteiger partial charge in [0.15, 0.2) is 0 Å². The van der Waals surface area contributed by atoms with Crippen LogP contribution in [0.3, 0.4) is 0 Å². The van der Waals surface area contributed by atoms with Gasteiger partial charge in [-0.1, -0.05) is 0 Å². The Morgan fingerprint density at radius 3 is 2.50 bits per heavy atom. The first-order chi connectivity index (χ1) is 8.49. The third-order valence-corrected chi connectivity index (χ3v) is 3.85. The Morgan fingerprint density at radius 1 is 1.22 bits per heavy atom. The molecule has 0 radical (unpaired) electrons. The lowest BCUT2D eigenvalue weighted by atomic mass is 10.3. The van der Waals surface area contributed by atoms with Crippen molar-refractivity contribution in [3.8, 4) is 0 Å². The number of ether oxygens (including phenoxy) is 1. The SMILES string of the molecule is O=S(=O)(NN1CCOCC1)c1ccc(F)cc1F. The molecule has 0 aromatic heterocycles. The summed E-state index contributed by atoms with van der Waals surface area (Å²) in [7, 11) is -4.03. The number of rotatable bonds is 3. The van der Waals surface area contributed by atoms with Crippen LogP contribution >= 0.6 is 0 Å². The smallest absolute Gasteiger partial charge is 0.256 e. The second-order valence-corrected chi connectivity index (χ2v) is 5.40. The fraction of sp³-hybridized carbons (Fsp3) is 0.400. The molecule has 1 aliphatic heterocycles. The van der Waals surface area contributed by atoms with E-state index >= 15 is 0 Å². The molecule has 100 valence electrons. The number of halogens is 2. The summed E-state index contributed by atoms with van der Waals surface area (Å²) in [5.41, 5.74) is 0. The summed E-state index contributed by atoms with van der Waals surface area (Å²) in [5, 5.41) is 1.42. The molecule has 1 fully saturated rings. The van der Waals surface area contributed by atoms with Crippen molar-refractivity contribution in [3.05, 3.63) is 29.8 Å². The molecule has 18 heavy (non-hydrogen) atoms. The van der Waals surface area contributed by atoms with Gasteiger partial charge in [-0.2, -0.15) is 0 Å². The van der Waals surface area contributed by atoms with Gasteiger partial charge in [0.05, 0.1) is 13.2 Å². The standard InChI is InChI=1S/C10H12F2N2O3S/c11-8-1-2-10(9(12)7-8)18(15,16)13-14-3-5-17-6-4-14/h1-2,7,13H,3-6H2. The third kappa shape index (κ3) is 3.02. The Hall–Kier alpha value is -1.09. The first kappa shape index (κ1) is 13.3. The molecule has 5 nitrogen and oxygen atoms in total. The molecule has 2 rings (SSSR count). The lowest BCUT2D eigenvalue weighted by Crippen LogP contribution is -2.48. The van der Waals surface area contributed by atoms with Crippen LogP contribution < -0.4 is 4.83 Å². The normalized spacial score (nSPS) is 17.9. The van der Waals surface area contributed by atoms with Crippen molar-refractivity contribution < 1.29 is 21.9 Å². The highest BCUT2D eigenvalue weighted by atomic mass is 32.2. The number of hydrogen-bond acceptors (Lipinski definition) is 4. The Labute approximate surface area is 103 Å². The van der Waals surface area contributed by atoms with Crippen molar-refractivity contribution in [2.24, 2.45) is 0 Å². The van der Waals surface area contributed by atoms with E-state index in [4.69, 9.17) is 4.74 Å². The van der Waals surface area contributed by atoms with Gasteiger partial charge in [0, 0.05) is 19.2 Å². The van der Waals surface area contributed by atoms with Gasteiger partial charge >= 0.3 is 0 Å². The van der Waals surface area contributed by atoms with Crippen molar-refractivity contribution in [2.75, 3.05) is 26.3 Å². The van der Waals surface area contributed by atoms with Crippen LogP contribution in [0.4, 0.5) is 8.78 Å².